The lowest BCUT2D eigenvalue weighted by Gasteiger charge is -2.32. The summed E-state index contributed by atoms with van der Waals surface area (Å²) in [6.45, 7) is 5.13. The molecule has 1 aromatic carbocycles. The molecular formula is C30H31FN4O5. The number of nitrogens with one attached hydrogen (secondary N) is 1. The van der Waals surface area contributed by atoms with Gasteiger partial charge in [-0.15, -0.1) is 0 Å². The molecule has 208 valence electrons. The van der Waals surface area contributed by atoms with Gasteiger partial charge in [0.05, 0.1) is 40.6 Å². The molecule has 1 amide bonds. The third kappa shape index (κ3) is 3.26. The number of aryl methyl sites for hydroxylation is 1. The molecule has 2 aliphatic heterocycles. The van der Waals surface area contributed by atoms with Gasteiger partial charge in [0.1, 0.15) is 12.4 Å². The van der Waals surface area contributed by atoms with E-state index in [9.17, 15) is 19.5 Å². The third-order valence-corrected chi connectivity index (χ3v) is 9.60. The van der Waals surface area contributed by atoms with E-state index in [-0.39, 0.29) is 53.9 Å². The molecule has 3 atom stereocenters. The van der Waals surface area contributed by atoms with E-state index >= 15 is 4.39 Å². The van der Waals surface area contributed by atoms with Gasteiger partial charge >= 0.3 is 5.97 Å². The predicted molar refractivity (Wildman–Crippen MR) is 144 cm³/mol. The quantitative estimate of drug-likeness (QED) is 0.335. The zero-order valence-electron chi connectivity index (χ0n) is 22.7. The second kappa shape index (κ2) is 8.20. The van der Waals surface area contributed by atoms with E-state index < -0.39 is 23.2 Å². The van der Waals surface area contributed by atoms with Gasteiger partial charge in [-0.1, -0.05) is 6.92 Å². The number of halogens is 1. The van der Waals surface area contributed by atoms with Crippen LogP contribution in [0.2, 0.25) is 0 Å². The molecule has 7 rings (SSSR count). The van der Waals surface area contributed by atoms with Gasteiger partial charge in [0.2, 0.25) is 5.91 Å². The molecule has 40 heavy (non-hydrogen) atoms. The number of ether oxygens (including phenoxy) is 1. The number of amides is 1. The van der Waals surface area contributed by atoms with E-state index in [0.29, 0.717) is 35.3 Å². The molecule has 4 heterocycles. The second-order valence-corrected chi connectivity index (χ2v) is 11.9. The van der Waals surface area contributed by atoms with Crippen molar-refractivity contribution in [2.45, 2.75) is 83.2 Å². The van der Waals surface area contributed by atoms with Gasteiger partial charge in [-0.2, -0.15) is 0 Å². The van der Waals surface area contributed by atoms with Crippen molar-refractivity contribution in [1.29, 1.82) is 0 Å². The zero-order chi connectivity index (χ0) is 28.3. The van der Waals surface area contributed by atoms with Crippen LogP contribution >= 0.6 is 0 Å². The fraction of sp³-hybridized carbons (Fsp3) is 0.467. The summed E-state index contributed by atoms with van der Waals surface area (Å²) >= 11 is 0. The number of aliphatic hydroxyl groups is 1. The Kier molecular flexibility index (Phi) is 5.20. The number of fused-ring (bicyclic) bond motifs is 5. The highest BCUT2D eigenvalue weighted by Crippen LogP contribution is 2.46. The molecule has 10 heteroatoms. The van der Waals surface area contributed by atoms with Crippen molar-refractivity contribution < 1.29 is 23.8 Å². The van der Waals surface area contributed by atoms with E-state index in [1.165, 1.54) is 6.07 Å². The minimum Gasteiger partial charge on any atom is -0.458 e. The van der Waals surface area contributed by atoms with Gasteiger partial charge in [0.25, 0.3) is 5.56 Å². The Morgan fingerprint density at radius 1 is 1.27 bits per heavy atom. The largest absolute Gasteiger partial charge is 0.458 e. The maximum absolute atomic E-state index is 15.1. The molecule has 0 spiro atoms. The van der Waals surface area contributed by atoms with Crippen LogP contribution in [0.5, 0.6) is 0 Å². The van der Waals surface area contributed by atoms with Crippen LogP contribution in [-0.4, -0.2) is 32.1 Å². The fourth-order valence-corrected chi connectivity index (χ4v) is 6.88. The minimum atomic E-state index is -1.95. The van der Waals surface area contributed by atoms with Crippen molar-refractivity contribution in [3.05, 3.63) is 61.7 Å². The number of aromatic nitrogens is 2. The Balaban J connectivity index is 1.46. The van der Waals surface area contributed by atoms with Crippen molar-refractivity contribution in [2.24, 2.45) is 11.7 Å². The summed E-state index contributed by atoms with van der Waals surface area (Å²) in [6.07, 6.45) is 2.98. The molecule has 1 fully saturated rings. The highest BCUT2D eigenvalue weighted by Gasteiger charge is 2.47. The summed E-state index contributed by atoms with van der Waals surface area (Å²) < 4.78 is 21.8. The molecule has 9 nitrogen and oxygen atoms in total. The Bertz CT molecular complexity index is 1740. The number of nitrogens with zero attached hydrogens (tertiary/aromatic N) is 2. The first-order valence-electron chi connectivity index (χ1n) is 13.9. The number of cyclic esters (lactones) is 1. The number of pyridine rings is 2. The first-order valence-corrected chi connectivity index (χ1v) is 13.9. The van der Waals surface area contributed by atoms with Crippen molar-refractivity contribution in [3.63, 3.8) is 0 Å². The van der Waals surface area contributed by atoms with Crippen molar-refractivity contribution in [3.8, 4) is 11.4 Å². The lowest BCUT2D eigenvalue weighted by Crippen LogP contribution is -2.54. The van der Waals surface area contributed by atoms with Gasteiger partial charge in [0.15, 0.2) is 5.60 Å². The van der Waals surface area contributed by atoms with Gasteiger partial charge in [-0.25, -0.2) is 14.2 Å². The van der Waals surface area contributed by atoms with Crippen molar-refractivity contribution >= 4 is 22.8 Å². The average Bonchev–Trinajstić information content (AvgIpc) is 3.73. The highest BCUT2D eigenvalue weighted by atomic mass is 19.1. The number of esters is 1. The minimum absolute atomic E-state index is 0.0335. The highest BCUT2D eigenvalue weighted by molar-refractivity contribution is 5.94. The van der Waals surface area contributed by atoms with Gasteiger partial charge < -0.3 is 25.5 Å². The van der Waals surface area contributed by atoms with E-state index in [1.807, 2.05) is 0 Å². The number of nitrogens with two attached hydrogens (primary N) is 1. The van der Waals surface area contributed by atoms with Crippen LogP contribution in [0.3, 0.4) is 0 Å². The predicted octanol–water partition coefficient (Wildman–Crippen LogP) is 2.76. The topological polar surface area (TPSA) is 137 Å². The second-order valence-electron chi connectivity index (χ2n) is 11.9. The van der Waals surface area contributed by atoms with Crippen LogP contribution in [0.1, 0.15) is 79.0 Å². The average molecular weight is 547 g/mol. The summed E-state index contributed by atoms with van der Waals surface area (Å²) in [5.74, 6) is -1.25. The third-order valence-electron chi connectivity index (χ3n) is 9.60. The lowest BCUT2D eigenvalue weighted by atomic mass is 9.81. The molecule has 4 N–H and O–H groups in total. The summed E-state index contributed by atoms with van der Waals surface area (Å²) in [5.41, 5.74) is 7.94. The number of benzene rings is 1. The van der Waals surface area contributed by atoms with Crippen LogP contribution in [0, 0.1) is 18.7 Å². The summed E-state index contributed by atoms with van der Waals surface area (Å²) in [5, 5.41) is 15.2. The molecule has 4 aliphatic rings. The Labute approximate surface area is 229 Å². The van der Waals surface area contributed by atoms with Crippen molar-refractivity contribution in [1.82, 2.24) is 14.9 Å². The molecule has 2 aliphatic carbocycles. The van der Waals surface area contributed by atoms with E-state index in [4.69, 9.17) is 15.5 Å². The molecule has 0 saturated heterocycles. The molecule has 0 radical (unpaired) electrons. The first-order chi connectivity index (χ1) is 19.0. The van der Waals surface area contributed by atoms with E-state index in [1.54, 1.807) is 31.4 Å². The van der Waals surface area contributed by atoms with Gasteiger partial charge in [-0.3, -0.25) is 9.59 Å². The monoisotopic (exact) mass is 546 g/mol. The lowest BCUT2D eigenvalue weighted by molar-refractivity contribution is -0.172. The van der Waals surface area contributed by atoms with Crippen LogP contribution in [-0.2, 0) is 39.5 Å². The molecule has 3 aromatic rings. The van der Waals surface area contributed by atoms with E-state index in [0.717, 1.165) is 34.9 Å². The molecular weight excluding hydrogens is 515 g/mol. The van der Waals surface area contributed by atoms with E-state index in [2.05, 4.69) is 5.32 Å². The number of hydrogen-bond donors (Lipinski definition) is 3. The summed E-state index contributed by atoms with van der Waals surface area (Å²) in [7, 11) is 0. The Hall–Kier alpha value is -3.63. The van der Waals surface area contributed by atoms with Gasteiger partial charge in [0, 0.05) is 22.6 Å². The number of rotatable bonds is 4. The van der Waals surface area contributed by atoms with Crippen LogP contribution in [0.25, 0.3) is 22.3 Å². The fourth-order valence-electron chi connectivity index (χ4n) is 6.88. The molecule has 1 unspecified atom stereocenters. The summed E-state index contributed by atoms with van der Waals surface area (Å²) in [6, 6.07) is 2.64. The maximum Gasteiger partial charge on any atom is 0.343 e. The van der Waals surface area contributed by atoms with Crippen LogP contribution in [0.15, 0.2) is 16.9 Å². The number of carbonyl (C=O) groups is 2. The number of carbonyl (C=O) groups excluding carboxylic acids is 2. The Morgan fingerprint density at radius 2 is 2.02 bits per heavy atom. The SMILES string of the molecule is CC[C@@]1(O)C(=O)OCc2c1cc1n(c2=O)Cc2c-1nc1cc(F)c(C)c3c1c2[C@@H](NC(=O)C(C)(N)C1CC1)CC3. The molecule has 1 saturated carbocycles. The molecule has 0 bridgehead atoms. The normalized spacial score (nSPS) is 24.1. The van der Waals surface area contributed by atoms with Crippen LogP contribution < -0.4 is 16.6 Å². The standard InChI is InChI=1S/C30H31FN4O5/c1-4-30(39)18-9-22-25-16(11-35(22)26(36)17(18)12-40-28(30)38)24-20(34-27(37)29(3,32)14-5-6-14)8-7-15-13(2)19(31)10-21(33-25)23(15)24/h9-10,14,20,39H,4-8,11-12,32H2,1-3H3,(H,34,37)/t20-,29?,30-/m0/s1. The summed E-state index contributed by atoms with van der Waals surface area (Å²) in [4.78, 5) is 44.5. The van der Waals surface area contributed by atoms with Gasteiger partial charge in [-0.05, 0) is 74.6 Å². The van der Waals surface area contributed by atoms with Crippen molar-refractivity contribution in [2.75, 3.05) is 0 Å². The van der Waals surface area contributed by atoms with Crippen LogP contribution in [0.4, 0.5) is 4.39 Å². The number of hydrogen-bond acceptors (Lipinski definition) is 7. The zero-order valence-corrected chi connectivity index (χ0v) is 22.7. The smallest absolute Gasteiger partial charge is 0.343 e. The first kappa shape index (κ1) is 25.3. The maximum atomic E-state index is 15.1. The molecule has 2 aromatic heterocycles. The Morgan fingerprint density at radius 3 is 2.73 bits per heavy atom.